The van der Waals surface area contributed by atoms with Gasteiger partial charge in [0.15, 0.2) is 46.5 Å². The van der Waals surface area contributed by atoms with Crippen molar-refractivity contribution in [2.24, 2.45) is 0 Å². The molecule has 2 aromatic carbocycles. The molecule has 0 atom stereocenters. The van der Waals surface area contributed by atoms with Crippen molar-refractivity contribution in [1.82, 2.24) is 0 Å². The minimum atomic E-state index is -7.88. The fraction of sp³-hybridized carbons (Fsp3) is 0.263. The summed E-state index contributed by atoms with van der Waals surface area (Å²) in [4.78, 5) is 0. The third-order valence-corrected chi connectivity index (χ3v) is 5.07. The van der Waals surface area contributed by atoms with Crippen LogP contribution in [-0.4, -0.2) is 24.4 Å². The van der Waals surface area contributed by atoms with Crippen molar-refractivity contribution in [1.29, 1.82) is 0 Å². The third-order valence-electron chi connectivity index (χ3n) is 5.07. The normalized spacial score (nSPS) is 13.5. The fourth-order valence-electron chi connectivity index (χ4n) is 3.42. The van der Waals surface area contributed by atoms with Crippen molar-refractivity contribution < 1.29 is 87.8 Å². The smallest absolute Gasteiger partial charge is 0.422 e. The van der Waals surface area contributed by atoms with Gasteiger partial charge in [-0.25, -0.2) is 35.1 Å². The summed E-state index contributed by atoms with van der Waals surface area (Å²) < 4.78 is 272. The number of benzene rings is 2. The number of nitrogens with zero attached hydrogens (tertiary/aromatic N) is 1. The number of alkyl halides is 12. The van der Waals surface area contributed by atoms with Crippen molar-refractivity contribution in [2.75, 3.05) is 0 Å². The van der Waals surface area contributed by atoms with Gasteiger partial charge in [-0.1, -0.05) is 0 Å². The summed E-state index contributed by atoms with van der Waals surface area (Å²) in [5, 5.41) is 8.93. The van der Waals surface area contributed by atoms with Gasteiger partial charge in [0, 0.05) is 5.57 Å². The molecule has 1 nitrogen and oxygen atoms in total. The molecule has 0 aliphatic heterocycles. The predicted molar refractivity (Wildman–Crippen MR) is 88.3 cm³/mol. The summed E-state index contributed by atoms with van der Waals surface area (Å²) in [6.07, 6.45) is -29.9. The van der Waals surface area contributed by atoms with E-state index in [9.17, 15) is 87.8 Å². The Bertz CT molecular complexity index is 1320. The van der Waals surface area contributed by atoms with Crippen LogP contribution in [0.15, 0.2) is 0 Å². The van der Waals surface area contributed by atoms with E-state index in [-0.39, 0.29) is 5.87 Å². The van der Waals surface area contributed by atoms with Crippen LogP contribution in [-0.2, 0) is 11.6 Å². The van der Waals surface area contributed by atoms with Gasteiger partial charge in [-0.3, -0.25) is 5.87 Å². The van der Waals surface area contributed by atoms with Crippen LogP contribution in [0.3, 0.4) is 0 Å². The Labute approximate surface area is 204 Å². The zero-order valence-electron chi connectivity index (χ0n) is 17.5. The van der Waals surface area contributed by atoms with Crippen LogP contribution in [0.25, 0.3) is 11.0 Å². The lowest BCUT2D eigenvalue weighted by Crippen LogP contribution is -2.64. The number of hydrogen-bond donors (Lipinski definition) is 0. The van der Waals surface area contributed by atoms with Gasteiger partial charge < -0.3 is 5.41 Å². The molecule has 40 heavy (non-hydrogen) atoms. The molecule has 21 heteroatoms. The van der Waals surface area contributed by atoms with Crippen molar-refractivity contribution in [2.45, 2.75) is 30.1 Å². The molecule has 0 N–H and O–H groups in total. The lowest BCUT2D eigenvalue weighted by atomic mass is 9.76. The third kappa shape index (κ3) is 4.43. The molecule has 2 rings (SSSR count). The molecule has 0 heterocycles. The van der Waals surface area contributed by atoms with Crippen molar-refractivity contribution in [3.63, 3.8) is 0 Å². The summed E-state index contributed by atoms with van der Waals surface area (Å²) in [5.41, 5.74) is -24.5. The summed E-state index contributed by atoms with van der Waals surface area (Å²) in [6, 6.07) is 0. The predicted octanol–water partition coefficient (Wildman–Crippen LogP) is 8.41. The Morgan fingerprint density at radius 2 is 0.675 bits per heavy atom. The first-order chi connectivity index (χ1) is 17.7. The zero-order valence-corrected chi connectivity index (χ0v) is 17.5. The second-order valence-electron chi connectivity index (χ2n) is 7.24. The number of halogens is 20. The van der Waals surface area contributed by atoms with E-state index in [0.717, 1.165) is 0 Å². The number of rotatable bonds is 3. The molecule has 0 amide bonds. The largest absolute Gasteiger partial charge is 0.763 e. The molecule has 0 saturated heterocycles. The molecule has 2 aromatic rings. The molecule has 0 saturated carbocycles. The van der Waals surface area contributed by atoms with E-state index in [1.54, 1.807) is 0 Å². The van der Waals surface area contributed by atoms with Gasteiger partial charge in [-0.15, -0.1) is 0 Å². The van der Waals surface area contributed by atoms with Gasteiger partial charge in [-0.05, 0) is 0 Å². The van der Waals surface area contributed by atoms with E-state index in [2.05, 4.69) is 0 Å². The minimum Gasteiger partial charge on any atom is -0.763 e. The second-order valence-corrected chi connectivity index (χ2v) is 7.24. The Balaban J connectivity index is 3.20. The minimum absolute atomic E-state index is 0.156. The lowest BCUT2D eigenvalue weighted by molar-refractivity contribution is -0.388. The quantitative estimate of drug-likeness (QED) is 0.187. The van der Waals surface area contributed by atoms with Gasteiger partial charge in [0.05, 0.1) is 16.7 Å². The van der Waals surface area contributed by atoms with E-state index in [1.165, 1.54) is 0 Å². The highest BCUT2D eigenvalue weighted by atomic mass is 19.4. The van der Waals surface area contributed by atoms with Gasteiger partial charge in [0.25, 0.3) is 5.41 Å². The van der Waals surface area contributed by atoms with E-state index in [4.69, 9.17) is 5.41 Å². The van der Waals surface area contributed by atoms with Gasteiger partial charge in [-0.2, -0.15) is 52.7 Å². The van der Waals surface area contributed by atoms with Gasteiger partial charge in [0.2, 0.25) is 0 Å². The van der Waals surface area contributed by atoms with Crippen LogP contribution in [0.2, 0.25) is 0 Å². The van der Waals surface area contributed by atoms with E-state index in [1.807, 2.05) is 0 Å². The monoisotopic (exact) mass is 622 g/mol. The maximum absolute atomic E-state index is 14.6. The van der Waals surface area contributed by atoms with E-state index >= 15 is 0 Å². The maximum Gasteiger partial charge on any atom is 0.422 e. The molecule has 0 spiro atoms. The molecule has 0 aliphatic carbocycles. The van der Waals surface area contributed by atoms with Crippen molar-refractivity contribution in [3.8, 4) is 0 Å². The standard InChI is InChI=1S/C19F20N/c20-7-3(2(1-40)4-9(22)13(26)6(16(28,29)30)14(27)10(4)23)8(21)12(25)5(11(7)24)15(17(31,32)33,18(34,35)36)19(37,38)39/q-1. The van der Waals surface area contributed by atoms with Crippen LogP contribution < -0.4 is 0 Å². The molecule has 0 aliphatic rings. The highest BCUT2D eigenvalue weighted by molar-refractivity contribution is 6.00. The van der Waals surface area contributed by atoms with Crippen LogP contribution in [0.5, 0.6) is 0 Å². The lowest BCUT2D eigenvalue weighted by Gasteiger charge is -2.39. The molecule has 0 fully saturated rings. The van der Waals surface area contributed by atoms with Crippen molar-refractivity contribution >= 4 is 11.4 Å². The second kappa shape index (κ2) is 9.55. The Hall–Kier alpha value is -3.51. The average molecular weight is 622 g/mol. The van der Waals surface area contributed by atoms with Crippen LogP contribution >= 0.6 is 0 Å². The molecule has 0 unspecified atom stereocenters. The SMILES string of the molecule is [N-]=C=C(c1c(F)c(F)c(C(F)(F)F)c(F)c1F)c1c(F)c(F)c(C(C(F)(F)F)(C(F)(F)F)C(F)(F)F)c(F)c1F. The summed E-state index contributed by atoms with van der Waals surface area (Å²) in [5.74, 6) is -29.7. The van der Waals surface area contributed by atoms with Crippen LogP contribution in [0.4, 0.5) is 87.8 Å². The topological polar surface area (TPSA) is 22.3 Å². The van der Waals surface area contributed by atoms with Gasteiger partial charge >= 0.3 is 24.7 Å². The van der Waals surface area contributed by atoms with Gasteiger partial charge in [0.1, 0.15) is 5.56 Å². The van der Waals surface area contributed by atoms with E-state index < -0.39 is 104 Å². The summed E-state index contributed by atoms with van der Waals surface area (Å²) >= 11 is 0. The molecule has 0 radical (unpaired) electrons. The van der Waals surface area contributed by atoms with Crippen LogP contribution in [0, 0.1) is 46.5 Å². The average Bonchev–Trinajstić information content (AvgIpc) is 2.74. The first-order valence-electron chi connectivity index (χ1n) is 9.00. The molecule has 222 valence electrons. The fourth-order valence-corrected chi connectivity index (χ4v) is 3.42. The first kappa shape index (κ1) is 32.7. The van der Waals surface area contributed by atoms with Crippen molar-refractivity contribution in [3.05, 3.63) is 74.2 Å². The molecular formula is C19F20N-. The Morgan fingerprint density at radius 1 is 0.425 bits per heavy atom. The molecule has 0 bridgehead atoms. The summed E-state index contributed by atoms with van der Waals surface area (Å²) in [7, 11) is 0. The zero-order chi connectivity index (χ0) is 31.7. The van der Waals surface area contributed by atoms with E-state index in [0.29, 0.717) is 0 Å². The summed E-state index contributed by atoms with van der Waals surface area (Å²) in [6.45, 7) is 0. The molecule has 0 aromatic heterocycles. The Kier molecular flexibility index (Phi) is 7.81. The Morgan fingerprint density at radius 3 is 0.875 bits per heavy atom. The highest BCUT2D eigenvalue weighted by Gasteiger charge is 2.86. The number of hydrogen-bond acceptors (Lipinski definition) is 0. The first-order valence-corrected chi connectivity index (χ1v) is 9.00. The highest BCUT2D eigenvalue weighted by Crippen LogP contribution is 2.62. The molecular weight excluding hydrogens is 622 g/mol. The van der Waals surface area contributed by atoms with Crippen LogP contribution in [0.1, 0.15) is 22.3 Å². The maximum atomic E-state index is 14.6.